The second-order valence-corrected chi connectivity index (χ2v) is 7.65. The highest BCUT2D eigenvalue weighted by atomic mass is 32.2. The van der Waals surface area contributed by atoms with Crippen molar-refractivity contribution in [2.24, 2.45) is 0 Å². The number of aryl methyl sites for hydroxylation is 1. The van der Waals surface area contributed by atoms with Crippen LogP contribution in [0.5, 0.6) is 0 Å². The summed E-state index contributed by atoms with van der Waals surface area (Å²) in [6, 6.07) is 13.2. The van der Waals surface area contributed by atoms with Crippen molar-refractivity contribution in [3.05, 3.63) is 83.6 Å². The summed E-state index contributed by atoms with van der Waals surface area (Å²) < 4.78 is 32.6. The van der Waals surface area contributed by atoms with Gasteiger partial charge in [-0.25, -0.2) is 13.1 Å². The van der Waals surface area contributed by atoms with Crippen molar-refractivity contribution in [3.63, 3.8) is 0 Å². The van der Waals surface area contributed by atoms with Gasteiger partial charge in [0, 0.05) is 11.8 Å². The molecule has 8 heteroatoms. The highest BCUT2D eigenvalue weighted by Crippen LogP contribution is 2.16. The number of carbonyl (C=O) groups is 1. The number of sulfonamides is 1. The number of furan rings is 1. The first-order valence-electron chi connectivity index (χ1n) is 8.26. The summed E-state index contributed by atoms with van der Waals surface area (Å²) in [5.74, 6) is 0.139. The summed E-state index contributed by atoms with van der Waals surface area (Å²) in [4.78, 5) is 16.7. The van der Waals surface area contributed by atoms with Crippen LogP contribution in [0.3, 0.4) is 0 Å². The van der Waals surface area contributed by atoms with Gasteiger partial charge in [0.25, 0.3) is 5.91 Å². The molecule has 2 N–H and O–H groups in total. The molecule has 0 aliphatic carbocycles. The van der Waals surface area contributed by atoms with Crippen LogP contribution in [0.1, 0.15) is 27.4 Å². The molecule has 140 valence electrons. The van der Waals surface area contributed by atoms with Crippen molar-refractivity contribution < 1.29 is 17.6 Å². The maximum atomic E-state index is 12.5. The fourth-order valence-electron chi connectivity index (χ4n) is 2.44. The van der Waals surface area contributed by atoms with Crippen molar-refractivity contribution in [2.75, 3.05) is 0 Å². The molecule has 0 bridgehead atoms. The Morgan fingerprint density at radius 2 is 1.96 bits per heavy atom. The molecule has 2 aromatic heterocycles. The van der Waals surface area contributed by atoms with E-state index in [1.165, 1.54) is 18.4 Å². The Morgan fingerprint density at radius 3 is 2.67 bits per heavy atom. The molecule has 1 aromatic carbocycles. The zero-order valence-corrected chi connectivity index (χ0v) is 15.5. The van der Waals surface area contributed by atoms with Gasteiger partial charge in [0.05, 0.1) is 29.9 Å². The van der Waals surface area contributed by atoms with E-state index in [2.05, 4.69) is 15.0 Å². The molecule has 0 spiro atoms. The Bertz CT molecular complexity index is 1020. The number of benzene rings is 1. The van der Waals surface area contributed by atoms with E-state index in [1.807, 2.05) is 6.07 Å². The highest BCUT2D eigenvalue weighted by molar-refractivity contribution is 7.89. The highest BCUT2D eigenvalue weighted by Gasteiger charge is 2.18. The van der Waals surface area contributed by atoms with E-state index < -0.39 is 10.0 Å². The fraction of sp³-hybridized carbons (Fsp3) is 0.158. The average molecular weight is 385 g/mol. The number of hydrogen-bond acceptors (Lipinski definition) is 5. The number of nitrogens with zero attached hydrogens (tertiary/aromatic N) is 1. The second kappa shape index (κ2) is 8.15. The molecule has 7 nitrogen and oxygen atoms in total. The van der Waals surface area contributed by atoms with E-state index in [4.69, 9.17) is 4.42 Å². The van der Waals surface area contributed by atoms with Crippen LogP contribution >= 0.6 is 0 Å². The molecule has 0 saturated carbocycles. The molecule has 0 atom stereocenters. The molecule has 3 aromatic rings. The maximum absolute atomic E-state index is 12.5. The quantitative estimate of drug-likeness (QED) is 0.650. The number of hydrogen-bond donors (Lipinski definition) is 2. The lowest BCUT2D eigenvalue weighted by molar-refractivity contribution is 0.0949. The molecule has 0 aliphatic rings. The van der Waals surface area contributed by atoms with Crippen LogP contribution in [0.2, 0.25) is 0 Å². The van der Waals surface area contributed by atoms with Crippen LogP contribution in [-0.4, -0.2) is 19.3 Å². The van der Waals surface area contributed by atoms with Gasteiger partial charge in [-0.1, -0.05) is 12.1 Å². The molecule has 0 unspecified atom stereocenters. The molecule has 0 radical (unpaired) electrons. The van der Waals surface area contributed by atoms with Gasteiger partial charge in [0.1, 0.15) is 5.76 Å². The number of aromatic nitrogens is 1. The van der Waals surface area contributed by atoms with Crippen LogP contribution in [0, 0.1) is 6.92 Å². The van der Waals surface area contributed by atoms with E-state index in [-0.39, 0.29) is 23.9 Å². The first-order chi connectivity index (χ1) is 13.0. The average Bonchev–Trinajstić information content (AvgIpc) is 3.19. The zero-order chi connectivity index (χ0) is 19.3. The first-order valence-corrected chi connectivity index (χ1v) is 9.75. The first kappa shape index (κ1) is 18.8. The molecule has 27 heavy (non-hydrogen) atoms. The fourth-order valence-corrected chi connectivity index (χ4v) is 3.46. The van der Waals surface area contributed by atoms with Crippen LogP contribution in [0.25, 0.3) is 0 Å². The van der Waals surface area contributed by atoms with Gasteiger partial charge in [-0.05, 0) is 48.9 Å². The number of carbonyl (C=O) groups excluding carboxylic acids is 1. The van der Waals surface area contributed by atoms with E-state index in [0.29, 0.717) is 22.6 Å². The predicted molar refractivity (Wildman–Crippen MR) is 99.3 cm³/mol. The Balaban J connectivity index is 1.73. The minimum atomic E-state index is -3.78. The lowest BCUT2D eigenvalue weighted by Crippen LogP contribution is -2.26. The maximum Gasteiger partial charge on any atom is 0.251 e. The third kappa shape index (κ3) is 4.81. The van der Waals surface area contributed by atoms with Gasteiger partial charge < -0.3 is 9.73 Å². The van der Waals surface area contributed by atoms with E-state index in [1.54, 1.807) is 43.5 Å². The molecule has 0 saturated heterocycles. The Hall–Kier alpha value is -2.97. The smallest absolute Gasteiger partial charge is 0.251 e. The zero-order valence-electron chi connectivity index (χ0n) is 14.7. The van der Waals surface area contributed by atoms with Crippen molar-refractivity contribution in [3.8, 4) is 0 Å². The summed E-state index contributed by atoms with van der Waals surface area (Å²) in [6.45, 7) is 2.04. The SMILES string of the molecule is Cc1ccc(S(=O)(=O)NCc2ccco2)cc1C(=O)NCc1ccccn1. The minimum absolute atomic E-state index is 0.0163. The number of nitrogens with one attached hydrogen (secondary N) is 2. The van der Waals surface area contributed by atoms with Crippen molar-refractivity contribution in [1.29, 1.82) is 0 Å². The van der Waals surface area contributed by atoms with Gasteiger partial charge >= 0.3 is 0 Å². The molecule has 3 rings (SSSR count). The predicted octanol–water partition coefficient (Wildman–Crippen LogP) is 2.39. The van der Waals surface area contributed by atoms with E-state index in [9.17, 15) is 13.2 Å². The molecular weight excluding hydrogens is 366 g/mol. The van der Waals surface area contributed by atoms with E-state index in [0.717, 1.165) is 0 Å². The molecule has 1 amide bonds. The Morgan fingerprint density at radius 1 is 1.11 bits per heavy atom. The van der Waals surface area contributed by atoms with Gasteiger partial charge in [-0.2, -0.15) is 0 Å². The van der Waals surface area contributed by atoms with Crippen molar-refractivity contribution in [2.45, 2.75) is 24.9 Å². The third-order valence-corrected chi connectivity index (χ3v) is 5.34. The Kier molecular flexibility index (Phi) is 5.68. The van der Waals surface area contributed by atoms with Gasteiger partial charge in [0.2, 0.25) is 10.0 Å². The molecule has 0 aliphatic heterocycles. The van der Waals surface area contributed by atoms with Gasteiger partial charge in [-0.15, -0.1) is 0 Å². The summed E-state index contributed by atoms with van der Waals surface area (Å²) >= 11 is 0. The lowest BCUT2D eigenvalue weighted by atomic mass is 10.1. The Labute approximate surface area is 157 Å². The monoisotopic (exact) mass is 385 g/mol. The standard InChI is InChI=1S/C19H19N3O4S/c1-14-7-8-17(27(24,25)22-13-16-6-4-10-26-16)11-18(14)19(23)21-12-15-5-2-3-9-20-15/h2-11,22H,12-13H2,1H3,(H,21,23). The number of rotatable bonds is 7. The molecule has 0 fully saturated rings. The number of pyridine rings is 1. The van der Waals surface area contributed by atoms with Gasteiger partial charge in [0.15, 0.2) is 0 Å². The number of amides is 1. The molecular formula is C19H19N3O4S. The van der Waals surface area contributed by atoms with Crippen LogP contribution in [-0.2, 0) is 23.1 Å². The molecule has 2 heterocycles. The summed E-state index contributed by atoms with van der Waals surface area (Å²) in [5.41, 5.74) is 1.69. The van der Waals surface area contributed by atoms with Crippen molar-refractivity contribution in [1.82, 2.24) is 15.0 Å². The second-order valence-electron chi connectivity index (χ2n) is 5.88. The third-order valence-electron chi connectivity index (χ3n) is 3.94. The minimum Gasteiger partial charge on any atom is -0.468 e. The van der Waals surface area contributed by atoms with Gasteiger partial charge in [-0.3, -0.25) is 9.78 Å². The topological polar surface area (TPSA) is 101 Å². The lowest BCUT2D eigenvalue weighted by Gasteiger charge is -2.11. The van der Waals surface area contributed by atoms with Crippen LogP contribution < -0.4 is 10.0 Å². The van der Waals surface area contributed by atoms with Crippen LogP contribution in [0.15, 0.2) is 70.3 Å². The van der Waals surface area contributed by atoms with E-state index >= 15 is 0 Å². The van der Waals surface area contributed by atoms with Crippen LogP contribution in [0.4, 0.5) is 0 Å². The summed E-state index contributed by atoms with van der Waals surface area (Å²) in [5, 5.41) is 2.76. The largest absolute Gasteiger partial charge is 0.468 e. The van der Waals surface area contributed by atoms with Crippen molar-refractivity contribution >= 4 is 15.9 Å². The normalized spacial score (nSPS) is 11.3. The summed E-state index contributed by atoms with van der Waals surface area (Å²) in [7, 11) is -3.78. The summed E-state index contributed by atoms with van der Waals surface area (Å²) in [6.07, 6.45) is 3.12.